The molecular weight excluding hydrogens is 334 g/mol. The number of carbonyl (C=O) groups is 1. The van der Waals surface area contributed by atoms with Gasteiger partial charge in [-0.15, -0.1) is 0 Å². The molecule has 1 fully saturated rings. The lowest BCUT2D eigenvalue weighted by atomic mass is 9.97. The molecule has 1 amide bonds. The maximum absolute atomic E-state index is 12.5. The van der Waals surface area contributed by atoms with E-state index in [1.807, 2.05) is 17.0 Å². The number of amides is 1. The molecule has 0 unspecified atom stereocenters. The number of rotatable bonds is 4. The highest BCUT2D eigenvalue weighted by Gasteiger charge is 2.27. The number of carbonyl (C=O) groups excluding carboxylic acids is 1. The van der Waals surface area contributed by atoms with Crippen LogP contribution in [0.1, 0.15) is 18.4 Å². The summed E-state index contributed by atoms with van der Waals surface area (Å²) in [6, 6.07) is 5.20. The number of pyridine rings is 1. The summed E-state index contributed by atoms with van der Waals surface area (Å²) < 4.78 is 2.53. The normalized spacial score (nSPS) is 17.2. The molecule has 3 rings (SSSR count). The van der Waals surface area contributed by atoms with Gasteiger partial charge in [0, 0.05) is 52.2 Å². The quantitative estimate of drug-likeness (QED) is 0.833. The summed E-state index contributed by atoms with van der Waals surface area (Å²) in [5.41, 5.74) is 0.240. The molecule has 1 aliphatic rings. The molecule has 0 bridgehead atoms. The molecule has 8 heteroatoms. The molecule has 0 saturated carbocycles. The molecule has 0 radical (unpaired) electrons. The monoisotopic (exact) mass is 357 g/mol. The average molecular weight is 357 g/mol. The Balaban J connectivity index is 1.70. The first kappa shape index (κ1) is 17.9. The van der Waals surface area contributed by atoms with Crippen LogP contribution in [-0.4, -0.2) is 33.1 Å². The van der Waals surface area contributed by atoms with Crippen molar-refractivity contribution in [3.8, 4) is 0 Å². The SMILES string of the molecule is Cn1c(N2CCC[C@@H](C(=O)NCc3cccnc3)C2)cc(=O)n(C)c1=O. The Morgan fingerprint density at radius 1 is 1.31 bits per heavy atom. The Labute approximate surface area is 151 Å². The predicted molar refractivity (Wildman–Crippen MR) is 97.9 cm³/mol. The maximum atomic E-state index is 12.5. The van der Waals surface area contributed by atoms with Crippen molar-refractivity contribution in [2.24, 2.45) is 20.0 Å². The van der Waals surface area contributed by atoms with E-state index in [1.165, 1.54) is 17.7 Å². The van der Waals surface area contributed by atoms with Crippen LogP contribution < -0.4 is 21.5 Å². The van der Waals surface area contributed by atoms with E-state index in [9.17, 15) is 14.4 Å². The lowest BCUT2D eigenvalue weighted by molar-refractivity contribution is -0.125. The summed E-state index contributed by atoms with van der Waals surface area (Å²) in [6.07, 6.45) is 5.03. The fraction of sp³-hybridized carbons (Fsp3) is 0.444. The minimum Gasteiger partial charge on any atom is -0.357 e. The molecule has 8 nitrogen and oxygen atoms in total. The van der Waals surface area contributed by atoms with Crippen LogP contribution in [0.2, 0.25) is 0 Å². The van der Waals surface area contributed by atoms with Crippen LogP contribution in [0, 0.1) is 5.92 Å². The topological polar surface area (TPSA) is 89.2 Å². The highest BCUT2D eigenvalue weighted by atomic mass is 16.2. The lowest BCUT2D eigenvalue weighted by Gasteiger charge is -2.34. The van der Waals surface area contributed by atoms with Gasteiger partial charge >= 0.3 is 5.69 Å². The van der Waals surface area contributed by atoms with Crippen molar-refractivity contribution in [1.29, 1.82) is 0 Å². The molecule has 26 heavy (non-hydrogen) atoms. The minimum atomic E-state index is -0.365. The lowest BCUT2D eigenvalue weighted by Crippen LogP contribution is -2.46. The van der Waals surface area contributed by atoms with E-state index >= 15 is 0 Å². The molecule has 0 aromatic carbocycles. The second kappa shape index (κ2) is 7.55. The van der Waals surface area contributed by atoms with Gasteiger partial charge < -0.3 is 10.2 Å². The standard InChI is InChI=1S/C18H23N5O3/c1-21-15(9-16(24)22(2)18(21)26)23-8-4-6-14(12-23)17(25)20-11-13-5-3-7-19-10-13/h3,5,7,9-10,14H,4,6,8,11-12H2,1-2H3,(H,20,25)/t14-/m1/s1. The molecule has 0 aliphatic carbocycles. The fourth-order valence-electron chi connectivity index (χ4n) is 3.26. The molecule has 0 spiro atoms. The summed E-state index contributed by atoms with van der Waals surface area (Å²) in [5, 5.41) is 2.95. The molecule has 3 heterocycles. The Hall–Kier alpha value is -2.90. The number of hydrogen-bond donors (Lipinski definition) is 1. The molecular formula is C18H23N5O3. The Morgan fingerprint density at radius 2 is 2.12 bits per heavy atom. The van der Waals surface area contributed by atoms with Crippen LogP contribution in [0.3, 0.4) is 0 Å². The van der Waals surface area contributed by atoms with E-state index in [4.69, 9.17) is 0 Å². The van der Waals surface area contributed by atoms with Gasteiger partial charge in [-0.3, -0.25) is 23.7 Å². The zero-order chi connectivity index (χ0) is 18.7. The third-order valence-corrected chi connectivity index (χ3v) is 4.81. The average Bonchev–Trinajstić information content (AvgIpc) is 2.68. The third kappa shape index (κ3) is 3.68. The predicted octanol–water partition coefficient (Wildman–Crippen LogP) is 0.0118. The van der Waals surface area contributed by atoms with E-state index in [0.29, 0.717) is 25.5 Å². The Bertz CT molecular complexity index is 903. The summed E-state index contributed by atoms with van der Waals surface area (Å²) in [7, 11) is 3.10. The van der Waals surface area contributed by atoms with E-state index in [1.54, 1.807) is 19.4 Å². The van der Waals surface area contributed by atoms with Gasteiger partial charge in [-0.05, 0) is 24.5 Å². The Morgan fingerprint density at radius 3 is 2.85 bits per heavy atom. The summed E-state index contributed by atoms with van der Waals surface area (Å²) >= 11 is 0. The van der Waals surface area contributed by atoms with Gasteiger partial charge in [0.25, 0.3) is 5.56 Å². The van der Waals surface area contributed by atoms with Gasteiger partial charge in [0.05, 0.1) is 5.92 Å². The van der Waals surface area contributed by atoms with Crippen LogP contribution in [0.4, 0.5) is 5.82 Å². The highest BCUT2D eigenvalue weighted by molar-refractivity contribution is 5.79. The number of hydrogen-bond acceptors (Lipinski definition) is 5. The summed E-state index contributed by atoms with van der Waals surface area (Å²) in [5.74, 6) is 0.356. The highest BCUT2D eigenvalue weighted by Crippen LogP contribution is 2.21. The summed E-state index contributed by atoms with van der Waals surface area (Å²) in [6.45, 7) is 1.64. The van der Waals surface area contributed by atoms with Crippen molar-refractivity contribution in [1.82, 2.24) is 19.4 Å². The van der Waals surface area contributed by atoms with Crippen molar-refractivity contribution in [2.75, 3.05) is 18.0 Å². The van der Waals surface area contributed by atoms with E-state index in [-0.39, 0.29) is 23.1 Å². The smallest absolute Gasteiger partial charge is 0.332 e. The van der Waals surface area contributed by atoms with Crippen LogP contribution in [0.15, 0.2) is 40.2 Å². The fourth-order valence-corrected chi connectivity index (χ4v) is 3.26. The van der Waals surface area contributed by atoms with Gasteiger partial charge in [0.15, 0.2) is 0 Å². The van der Waals surface area contributed by atoms with Crippen molar-refractivity contribution in [3.63, 3.8) is 0 Å². The molecule has 138 valence electrons. The molecule has 1 saturated heterocycles. The van der Waals surface area contributed by atoms with Crippen LogP contribution in [-0.2, 0) is 25.4 Å². The molecule has 1 N–H and O–H groups in total. The van der Waals surface area contributed by atoms with Crippen LogP contribution >= 0.6 is 0 Å². The number of nitrogens with one attached hydrogen (secondary N) is 1. The maximum Gasteiger partial charge on any atom is 0.332 e. The molecule has 1 atom stereocenters. The van der Waals surface area contributed by atoms with Gasteiger partial charge in [0.2, 0.25) is 5.91 Å². The number of piperidine rings is 1. The van der Waals surface area contributed by atoms with Crippen molar-refractivity contribution in [2.45, 2.75) is 19.4 Å². The molecule has 2 aromatic rings. The van der Waals surface area contributed by atoms with E-state index < -0.39 is 0 Å². The van der Waals surface area contributed by atoms with Crippen molar-refractivity contribution < 1.29 is 4.79 Å². The number of anilines is 1. The molecule has 1 aliphatic heterocycles. The Kier molecular flexibility index (Phi) is 5.20. The number of nitrogens with zero attached hydrogens (tertiary/aromatic N) is 4. The largest absolute Gasteiger partial charge is 0.357 e. The van der Waals surface area contributed by atoms with E-state index in [0.717, 1.165) is 23.0 Å². The first-order chi connectivity index (χ1) is 12.5. The van der Waals surface area contributed by atoms with Gasteiger partial charge in [-0.25, -0.2) is 4.79 Å². The van der Waals surface area contributed by atoms with Crippen molar-refractivity contribution >= 4 is 11.7 Å². The zero-order valence-corrected chi connectivity index (χ0v) is 15.0. The van der Waals surface area contributed by atoms with Gasteiger partial charge in [0.1, 0.15) is 5.82 Å². The number of aromatic nitrogens is 3. The zero-order valence-electron chi connectivity index (χ0n) is 15.0. The van der Waals surface area contributed by atoms with E-state index in [2.05, 4.69) is 10.3 Å². The first-order valence-corrected chi connectivity index (χ1v) is 8.66. The van der Waals surface area contributed by atoms with Crippen molar-refractivity contribution in [3.05, 3.63) is 57.0 Å². The van der Waals surface area contributed by atoms with Crippen LogP contribution in [0.25, 0.3) is 0 Å². The minimum absolute atomic E-state index is 0.0209. The molecule has 2 aromatic heterocycles. The second-order valence-electron chi connectivity index (χ2n) is 6.61. The summed E-state index contributed by atoms with van der Waals surface area (Å²) in [4.78, 5) is 42.6. The van der Waals surface area contributed by atoms with Gasteiger partial charge in [-0.2, -0.15) is 0 Å². The van der Waals surface area contributed by atoms with Crippen LogP contribution in [0.5, 0.6) is 0 Å². The first-order valence-electron chi connectivity index (χ1n) is 8.66. The second-order valence-corrected chi connectivity index (χ2v) is 6.61. The van der Waals surface area contributed by atoms with Gasteiger partial charge in [-0.1, -0.05) is 6.07 Å². The third-order valence-electron chi connectivity index (χ3n) is 4.81.